The summed E-state index contributed by atoms with van der Waals surface area (Å²) in [5.41, 5.74) is 1.08. The fraction of sp³-hybridized carbons (Fsp3) is 0.500. The van der Waals surface area contributed by atoms with Crippen LogP contribution in [0.1, 0.15) is 66.2 Å². The molecule has 2 saturated heterocycles. The Kier molecular flexibility index (Phi) is 6.58. The van der Waals surface area contributed by atoms with Gasteiger partial charge in [0.15, 0.2) is 0 Å². The van der Waals surface area contributed by atoms with Crippen molar-refractivity contribution in [3.63, 3.8) is 0 Å². The van der Waals surface area contributed by atoms with E-state index in [9.17, 15) is 19.2 Å². The molecule has 0 radical (unpaired) electrons. The second kappa shape index (κ2) is 9.80. The van der Waals surface area contributed by atoms with E-state index in [2.05, 4.69) is 6.92 Å². The first-order valence-corrected chi connectivity index (χ1v) is 12.9. The molecule has 0 atom stereocenters. The van der Waals surface area contributed by atoms with Crippen LogP contribution in [-0.2, 0) is 9.59 Å². The van der Waals surface area contributed by atoms with Crippen LogP contribution >= 0.6 is 0 Å². The molecule has 2 aromatic rings. The Bertz CT molecular complexity index is 1110. The highest BCUT2D eigenvalue weighted by atomic mass is 16.2. The second-order valence-electron chi connectivity index (χ2n) is 10.2. The quantitative estimate of drug-likeness (QED) is 0.618. The molecule has 3 aliphatic heterocycles. The summed E-state index contributed by atoms with van der Waals surface area (Å²) >= 11 is 0. The SMILES string of the molecule is CC1CCN(C(=O)C2CCN(C(=O)CCCN3C(=O)c4cccc5cccc(c45)C3=O)CC2)CC1. The molecule has 0 saturated carbocycles. The molecule has 4 amide bonds. The number of carbonyl (C=O) groups excluding carboxylic acids is 4. The maximum Gasteiger partial charge on any atom is 0.261 e. The molecule has 7 nitrogen and oxygen atoms in total. The Labute approximate surface area is 206 Å². The minimum atomic E-state index is -0.293. The van der Waals surface area contributed by atoms with Crippen molar-refractivity contribution in [3.8, 4) is 0 Å². The molecule has 5 rings (SSSR count). The highest BCUT2D eigenvalue weighted by Crippen LogP contribution is 2.30. The minimum absolute atomic E-state index is 0.0128. The second-order valence-corrected chi connectivity index (χ2v) is 10.2. The van der Waals surface area contributed by atoms with E-state index < -0.39 is 0 Å². The van der Waals surface area contributed by atoms with Crippen LogP contribution in [-0.4, -0.2) is 71.1 Å². The fourth-order valence-corrected chi connectivity index (χ4v) is 5.69. The number of likely N-dealkylation sites (tertiary alicyclic amines) is 2. The van der Waals surface area contributed by atoms with Gasteiger partial charge in [-0.05, 0) is 55.5 Å². The summed E-state index contributed by atoms with van der Waals surface area (Å²) in [4.78, 5) is 56.8. The summed E-state index contributed by atoms with van der Waals surface area (Å²) in [5, 5.41) is 1.60. The first-order valence-electron chi connectivity index (χ1n) is 12.9. The van der Waals surface area contributed by atoms with Crippen molar-refractivity contribution in [1.82, 2.24) is 14.7 Å². The molecular formula is C28H33N3O4. The minimum Gasteiger partial charge on any atom is -0.343 e. The Hall–Kier alpha value is -3.22. The summed E-state index contributed by atoms with van der Waals surface area (Å²) < 4.78 is 0. The Morgan fingerprint density at radius 3 is 2.00 bits per heavy atom. The van der Waals surface area contributed by atoms with E-state index in [1.54, 1.807) is 12.1 Å². The lowest BCUT2D eigenvalue weighted by Crippen LogP contribution is -2.46. The average molecular weight is 476 g/mol. The van der Waals surface area contributed by atoms with E-state index in [0.717, 1.165) is 31.3 Å². The van der Waals surface area contributed by atoms with Crippen LogP contribution in [0.5, 0.6) is 0 Å². The maximum atomic E-state index is 13.0. The van der Waals surface area contributed by atoms with Crippen molar-refractivity contribution in [1.29, 1.82) is 0 Å². The number of nitrogens with zero attached hydrogens (tertiary/aromatic N) is 3. The van der Waals surface area contributed by atoms with Gasteiger partial charge in [0.25, 0.3) is 11.8 Å². The topological polar surface area (TPSA) is 78.0 Å². The lowest BCUT2D eigenvalue weighted by Gasteiger charge is -2.37. The van der Waals surface area contributed by atoms with Crippen LogP contribution in [0.15, 0.2) is 36.4 Å². The zero-order valence-corrected chi connectivity index (χ0v) is 20.4. The number of piperidine rings is 2. The smallest absolute Gasteiger partial charge is 0.261 e. The number of amides is 4. The Morgan fingerprint density at radius 2 is 1.40 bits per heavy atom. The van der Waals surface area contributed by atoms with Gasteiger partial charge in [0.05, 0.1) is 0 Å². The number of rotatable bonds is 5. The van der Waals surface area contributed by atoms with Crippen molar-refractivity contribution >= 4 is 34.4 Å². The maximum absolute atomic E-state index is 13.0. The van der Waals surface area contributed by atoms with Gasteiger partial charge in [-0.1, -0.05) is 31.2 Å². The third-order valence-corrected chi connectivity index (χ3v) is 7.92. The average Bonchev–Trinajstić information content (AvgIpc) is 2.89. The highest BCUT2D eigenvalue weighted by Gasteiger charge is 2.34. The lowest BCUT2D eigenvalue weighted by atomic mass is 9.92. The zero-order valence-electron chi connectivity index (χ0n) is 20.4. The molecule has 184 valence electrons. The fourth-order valence-electron chi connectivity index (χ4n) is 5.69. The van der Waals surface area contributed by atoms with Crippen molar-refractivity contribution < 1.29 is 19.2 Å². The number of imide groups is 1. The summed E-state index contributed by atoms with van der Waals surface area (Å²) in [6.45, 7) is 5.35. The summed E-state index contributed by atoms with van der Waals surface area (Å²) in [6, 6.07) is 11.0. The van der Waals surface area contributed by atoms with Gasteiger partial charge in [0.1, 0.15) is 0 Å². The Balaban J connectivity index is 1.12. The molecule has 0 spiro atoms. The highest BCUT2D eigenvalue weighted by molar-refractivity contribution is 6.25. The molecule has 0 unspecified atom stereocenters. The monoisotopic (exact) mass is 475 g/mol. The molecular weight excluding hydrogens is 442 g/mol. The first-order chi connectivity index (χ1) is 16.9. The Morgan fingerprint density at radius 1 is 0.829 bits per heavy atom. The van der Waals surface area contributed by atoms with Gasteiger partial charge in [0, 0.05) is 61.6 Å². The van der Waals surface area contributed by atoms with Gasteiger partial charge in [0.2, 0.25) is 11.8 Å². The van der Waals surface area contributed by atoms with E-state index in [1.165, 1.54) is 4.90 Å². The zero-order chi connectivity index (χ0) is 24.5. The van der Waals surface area contributed by atoms with E-state index in [4.69, 9.17) is 0 Å². The van der Waals surface area contributed by atoms with E-state index in [1.807, 2.05) is 34.1 Å². The van der Waals surface area contributed by atoms with Crippen molar-refractivity contribution in [2.75, 3.05) is 32.7 Å². The summed E-state index contributed by atoms with van der Waals surface area (Å²) in [6.07, 6.45) is 4.28. The van der Waals surface area contributed by atoms with E-state index >= 15 is 0 Å². The van der Waals surface area contributed by atoms with Gasteiger partial charge in [-0.3, -0.25) is 24.1 Å². The number of hydrogen-bond acceptors (Lipinski definition) is 4. The van der Waals surface area contributed by atoms with Crippen molar-refractivity contribution in [2.45, 2.75) is 45.4 Å². The largest absolute Gasteiger partial charge is 0.343 e. The number of hydrogen-bond donors (Lipinski definition) is 0. The number of benzene rings is 2. The third-order valence-electron chi connectivity index (χ3n) is 7.92. The lowest BCUT2D eigenvalue weighted by molar-refractivity contribution is -0.141. The van der Waals surface area contributed by atoms with Crippen LogP contribution in [0, 0.1) is 11.8 Å². The first kappa shape index (κ1) is 23.5. The van der Waals surface area contributed by atoms with Crippen LogP contribution in [0.2, 0.25) is 0 Å². The van der Waals surface area contributed by atoms with Gasteiger partial charge in [-0.15, -0.1) is 0 Å². The van der Waals surface area contributed by atoms with Crippen LogP contribution in [0.25, 0.3) is 10.8 Å². The van der Waals surface area contributed by atoms with Gasteiger partial charge >= 0.3 is 0 Å². The predicted molar refractivity (Wildman–Crippen MR) is 133 cm³/mol. The van der Waals surface area contributed by atoms with E-state index in [-0.39, 0.29) is 42.5 Å². The molecule has 0 aromatic heterocycles. The van der Waals surface area contributed by atoms with Crippen molar-refractivity contribution in [2.24, 2.45) is 11.8 Å². The molecule has 2 aromatic carbocycles. The summed E-state index contributed by atoms with van der Waals surface area (Å²) in [5.74, 6) is 0.399. The normalized spacial score (nSPS) is 19.5. The molecule has 2 fully saturated rings. The predicted octanol–water partition coefficient (Wildman–Crippen LogP) is 3.71. The van der Waals surface area contributed by atoms with Gasteiger partial charge < -0.3 is 9.80 Å². The van der Waals surface area contributed by atoms with Gasteiger partial charge in [-0.2, -0.15) is 0 Å². The van der Waals surface area contributed by atoms with Crippen molar-refractivity contribution in [3.05, 3.63) is 47.5 Å². The molecule has 3 heterocycles. The molecule has 0 aliphatic carbocycles. The molecule has 35 heavy (non-hydrogen) atoms. The molecule has 0 N–H and O–H groups in total. The standard InChI is InChI=1S/C28H33N3O4/c1-19-10-15-30(16-11-19)26(33)21-12-17-29(18-13-21)24(32)9-4-14-31-27(34)22-7-2-5-20-6-3-8-23(25(20)22)28(31)35/h2-3,5-8,19,21H,4,9-18H2,1H3. The van der Waals surface area contributed by atoms with Crippen LogP contribution in [0.4, 0.5) is 0 Å². The third kappa shape index (κ3) is 4.56. The summed E-state index contributed by atoms with van der Waals surface area (Å²) in [7, 11) is 0. The molecule has 3 aliphatic rings. The van der Waals surface area contributed by atoms with Gasteiger partial charge in [-0.25, -0.2) is 0 Å². The van der Waals surface area contributed by atoms with Crippen LogP contribution < -0.4 is 0 Å². The van der Waals surface area contributed by atoms with E-state index in [0.29, 0.717) is 54.8 Å². The number of carbonyl (C=O) groups is 4. The van der Waals surface area contributed by atoms with Crippen LogP contribution in [0.3, 0.4) is 0 Å². The molecule has 7 heteroatoms. The molecule has 0 bridgehead atoms.